The van der Waals surface area contributed by atoms with Gasteiger partial charge in [0.15, 0.2) is 0 Å². The molecule has 0 aromatic rings. The van der Waals surface area contributed by atoms with E-state index in [4.69, 9.17) is 10.5 Å². The summed E-state index contributed by atoms with van der Waals surface area (Å²) in [4.78, 5) is 2.56. The fourth-order valence-corrected chi connectivity index (χ4v) is 3.87. The summed E-state index contributed by atoms with van der Waals surface area (Å²) in [7, 11) is 2.28. The molecule has 3 unspecified atom stereocenters. The van der Waals surface area contributed by atoms with E-state index in [9.17, 15) is 0 Å². The van der Waals surface area contributed by atoms with Crippen LogP contribution in [0.3, 0.4) is 0 Å². The third kappa shape index (κ3) is 1.61. The number of piperidine rings is 1. The number of hydrogen-bond acceptors (Lipinski definition) is 3. The molecule has 0 saturated carbocycles. The number of nitrogens with two attached hydrogens (primary N) is 1. The highest BCUT2D eigenvalue weighted by molar-refractivity contribution is 5.04. The van der Waals surface area contributed by atoms with Gasteiger partial charge in [0.2, 0.25) is 0 Å². The average Bonchev–Trinajstić information content (AvgIpc) is 2.45. The zero-order chi connectivity index (χ0) is 10.5. The Morgan fingerprint density at radius 1 is 1.13 bits per heavy atom. The summed E-state index contributed by atoms with van der Waals surface area (Å²) in [6.07, 6.45) is 7.30. The van der Waals surface area contributed by atoms with Crippen molar-refractivity contribution < 1.29 is 4.74 Å². The molecule has 0 aromatic heterocycles. The predicted octanol–water partition coefficient (Wildman–Crippen LogP) is 1.12. The van der Waals surface area contributed by atoms with Gasteiger partial charge < -0.3 is 15.4 Å². The molecule has 3 atom stereocenters. The standard InChI is InChI=1S/C12H22N2O/c1-14-10-2-3-11(14)8-12(7-10)6-9(13)4-5-15-12/h9-11H,2-8,13H2,1H3. The molecule has 0 aliphatic carbocycles. The highest BCUT2D eigenvalue weighted by atomic mass is 16.5. The largest absolute Gasteiger partial charge is 0.375 e. The van der Waals surface area contributed by atoms with Crippen molar-refractivity contribution in [2.75, 3.05) is 13.7 Å². The van der Waals surface area contributed by atoms with E-state index in [0.717, 1.165) is 31.5 Å². The average molecular weight is 210 g/mol. The summed E-state index contributed by atoms with van der Waals surface area (Å²) in [5.74, 6) is 0. The fourth-order valence-electron chi connectivity index (χ4n) is 3.87. The van der Waals surface area contributed by atoms with Crippen LogP contribution < -0.4 is 5.73 Å². The van der Waals surface area contributed by atoms with Gasteiger partial charge in [-0.25, -0.2) is 0 Å². The van der Waals surface area contributed by atoms with Gasteiger partial charge in [0.05, 0.1) is 5.60 Å². The lowest BCUT2D eigenvalue weighted by atomic mass is 9.79. The second-order valence-corrected chi connectivity index (χ2v) is 5.74. The van der Waals surface area contributed by atoms with Crippen LogP contribution in [0.1, 0.15) is 38.5 Å². The topological polar surface area (TPSA) is 38.5 Å². The highest BCUT2D eigenvalue weighted by Gasteiger charge is 2.49. The molecule has 3 saturated heterocycles. The SMILES string of the molecule is CN1C2CCC1CC1(CC(N)CCO1)C2. The molecule has 2 N–H and O–H groups in total. The number of fused-ring (bicyclic) bond motifs is 2. The Morgan fingerprint density at radius 3 is 2.40 bits per heavy atom. The van der Waals surface area contributed by atoms with Crippen LogP contribution >= 0.6 is 0 Å². The molecular weight excluding hydrogens is 188 g/mol. The lowest BCUT2D eigenvalue weighted by Crippen LogP contribution is -2.55. The molecule has 86 valence electrons. The van der Waals surface area contributed by atoms with Crippen LogP contribution in [0.5, 0.6) is 0 Å². The van der Waals surface area contributed by atoms with Crippen molar-refractivity contribution in [1.82, 2.24) is 4.90 Å². The van der Waals surface area contributed by atoms with E-state index in [-0.39, 0.29) is 5.60 Å². The van der Waals surface area contributed by atoms with Crippen LogP contribution in [0.15, 0.2) is 0 Å². The molecule has 3 heteroatoms. The Hall–Kier alpha value is -0.120. The summed E-state index contributed by atoms with van der Waals surface area (Å²) < 4.78 is 6.10. The normalized spacial score (nSPS) is 51.2. The van der Waals surface area contributed by atoms with E-state index in [0.29, 0.717) is 6.04 Å². The maximum absolute atomic E-state index is 6.10. The van der Waals surface area contributed by atoms with Crippen molar-refractivity contribution in [2.24, 2.45) is 5.73 Å². The van der Waals surface area contributed by atoms with Gasteiger partial charge in [-0.15, -0.1) is 0 Å². The summed E-state index contributed by atoms with van der Waals surface area (Å²) in [5, 5.41) is 0. The molecule has 0 aromatic carbocycles. The Morgan fingerprint density at radius 2 is 1.80 bits per heavy atom. The van der Waals surface area contributed by atoms with Crippen LogP contribution in [0.25, 0.3) is 0 Å². The molecule has 0 amide bonds. The Balaban J connectivity index is 1.77. The minimum Gasteiger partial charge on any atom is -0.375 e. The zero-order valence-electron chi connectivity index (χ0n) is 9.61. The van der Waals surface area contributed by atoms with Crippen molar-refractivity contribution in [3.8, 4) is 0 Å². The lowest BCUT2D eigenvalue weighted by Gasteiger charge is -2.48. The molecule has 3 aliphatic rings. The molecule has 3 aliphatic heterocycles. The van der Waals surface area contributed by atoms with E-state index in [1.165, 1.54) is 25.7 Å². The van der Waals surface area contributed by atoms with Gasteiger partial charge in [-0.1, -0.05) is 0 Å². The zero-order valence-corrected chi connectivity index (χ0v) is 9.61. The van der Waals surface area contributed by atoms with E-state index < -0.39 is 0 Å². The first-order valence-corrected chi connectivity index (χ1v) is 6.30. The van der Waals surface area contributed by atoms with Gasteiger partial charge in [0.1, 0.15) is 0 Å². The van der Waals surface area contributed by atoms with Gasteiger partial charge in [0.25, 0.3) is 0 Å². The Kier molecular flexibility index (Phi) is 2.31. The van der Waals surface area contributed by atoms with Gasteiger partial charge in [-0.05, 0) is 45.6 Å². The number of rotatable bonds is 0. The maximum Gasteiger partial charge on any atom is 0.0727 e. The molecule has 3 nitrogen and oxygen atoms in total. The van der Waals surface area contributed by atoms with E-state index >= 15 is 0 Å². The van der Waals surface area contributed by atoms with Gasteiger partial charge in [0, 0.05) is 24.7 Å². The maximum atomic E-state index is 6.10. The van der Waals surface area contributed by atoms with Gasteiger partial charge in [-0.3, -0.25) is 0 Å². The smallest absolute Gasteiger partial charge is 0.0727 e. The molecule has 3 heterocycles. The van der Waals surface area contributed by atoms with E-state index in [2.05, 4.69) is 11.9 Å². The van der Waals surface area contributed by atoms with Crippen molar-refractivity contribution in [3.05, 3.63) is 0 Å². The lowest BCUT2D eigenvalue weighted by molar-refractivity contribution is -0.129. The van der Waals surface area contributed by atoms with Crippen LogP contribution in [-0.2, 0) is 4.74 Å². The van der Waals surface area contributed by atoms with Crippen molar-refractivity contribution in [2.45, 2.75) is 62.3 Å². The number of nitrogens with zero attached hydrogens (tertiary/aromatic N) is 1. The number of ether oxygens (including phenoxy) is 1. The minimum atomic E-state index is 0.149. The summed E-state index contributed by atoms with van der Waals surface area (Å²) in [6.45, 7) is 0.879. The predicted molar refractivity (Wildman–Crippen MR) is 59.7 cm³/mol. The molecule has 2 bridgehead atoms. The van der Waals surface area contributed by atoms with Crippen LogP contribution in [0.2, 0.25) is 0 Å². The monoisotopic (exact) mass is 210 g/mol. The highest BCUT2D eigenvalue weighted by Crippen LogP contribution is 2.45. The molecule has 3 rings (SSSR count). The van der Waals surface area contributed by atoms with Crippen molar-refractivity contribution in [1.29, 1.82) is 0 Å². The van der Waals surface area contributed by atoms with Crippen LogP contribution in [-0.4, -0.2) is 42.3 Å². The van der Waals surface area contributed by atoms with Crippen molar-refractivity contribution in [3.63, 3.8) is 0 Å². The Bertz CT molecular complexity index is 242. The van der Waals surface area contributed by atoms with Gasteiger partial charge in [-0.2, -0.15) is 0 Å². The third-order valence-corrected chi connectivity index (χ3v) is 4.73. The van der Waals surface area contributed by atoms with Crippen molar-refractivity contribution >= 4 is 0 Å². The van der Waals surface area contributed by atoms with Crippen LogP contribution in [0.4, 0.5) is 0 Å². The van der Waals surface area contributed by atoms with E-state index in [1.54, 1.807) is 0 Å². The first kappa shape index (κ1) is 10.1. The minimum absolute atomic E-state index is 0.149. The summed E-state index contributed by atoms with van der Waals surface area (Å²) in [6, 6.07) is 1.89. The second-order valence-electron chi connectivity index (χ2n) is 5.74. The Labute approximate surface area is 91.9 Å². The fraction of sp³-hybridized carbons (Fsp3) is 1.00. The second kappa shape index (κ2) is 3.44. The van der Waals surface area contributed by atoms with E-state index in [1.807, 2.05) is 0 Å². The molecule has 15 heavy (non-hydrogen) atoms. The third-order valence-electron chi connectivity index (χ3n) is 4.73. The quantitative estimate of drug-likeness (QED) is 0.651. The first-order valence-electron chi connectivity index (χ1n) is 6.30. The van der Waals surface area contributed by atoms with Gasteiger partial charge >= 0.3 is 0 Å². The summed E-state index contributed by atoms with van der Waals surface area (Å²) >= 11 is 0. The molecule has 1 spiro atoms. The number of hydrogen-bond donors (Lipinski definition) is 1. The molecular formula is C12H22N2O. The first-order chi connectivity index (χ1) is 7.19. The molecule has 3 fully saturated rings. The van der Waals surface area contributed by atoms with Crippen LogP contribution in [0, 0.1) is 0 Å². The molecule has 0 radical (unpaired) electrons. The summed E-state index contributed by atoms with van der Waals surface area (Å²) in [5.41, 5.74) is 6.24.